The predicted molar refractivity (Wildman–Crippen MR) is 110 cm³/mol. The summed E-state index contributed by atoms with van der Waals surface area (Å²) in [6.07, 6.45) is 0.410. The molecule has 0 N–H and O–H groups in total. The predicted octanol–water partition coefficient (Wildman–Crippen LogP) is 4.25. The Labute approximate surface area is 170 Å². The average molecular weight is 391 g/mol. The van der Waals surface area contributed by atoms with E-state index in [1.807, 2.05) is 54.3 Å². The maximum Gasteiger partial charge on any atom is 0.261 e. The van der Waals surface area contributed by atoms with E-state index < -0.39 is 0 Å². The molecule has 0 saturated carbocycles. The summed E-state index contributed by atoms with van der Waals surface area (Å²) in [5.74, 6) is 2.08. The van der Waals surface area contributed by atoms with Crippen molar-refractivity contribution in [2.75, 3.05) is 19.7 Å². The van der Waals surface area contributed by atoms with E-state index in [0.717, 1.165) is 5.56 Å². The number of likely N-dealkylation sites (tertiary alicyclic amines) is 1. The number of carbonyl (C=O) groups excluding carboxylic acids is 1. The molecule has 1 aliphatic rings. The van der Waals surface area contributed by atoms with E-state index in [2.05, 4.69) is 29.2 Å². The summed E-state index contributed by atoms with van der Waals surface area (Å²) in [5.41, 5.74) is 2.00. The second-order valence-electron chi connectivity index (χ2n) is 7.40. The Morgan fingerprint density at radius 3 is 2.72 bits per heavy atom. The third kappa shape index (κ3) is 4.16. The molecule has 150 valence electrons. The van der Waals surface area contributed by atoms with Crippen molar-refractivity contribution in [1.82, 2.24) is 15.0 Å². The van der Waals surface area contributed by atoms with Gasteiger partial charge in [0.05, 0.1) is 12.2 Å². The van der Waals surface area contributed by atoms with Crippen molar-refractivity contribution in [2.45, 2.75) is 32.1 Å². The summed E-state index contributed by atoms with van der Waals surface area (Å²) in [7, 11) is 0. The molecule has 1 aromatic heterocycles. The fourth-order valence-corrected chi connectivity index (χ4v) is 3.77. The van der Waals surface area contributed by atoms with Crippen LogP contribution in [0.15, 0.2) is 59.1 Å². The highest BCUT2D eigenvalue weighted by Gasteiger charge is 2.34. The van der Waals surface area contributed by atoms with Gasteiger partial charge in [-0.05, 0) is 30.5 Å². The Balaban J connectivity index is 1.46. The highest BCUT2D eigenvalue weighted by molar-refractivity contribution is 5.79. The molecular formula is C23H25N3O3. The van der Waals surface area contributed by atoms with Gasteiger partial charge in [0.1, 0.15) is 5.75 Å². The van der Waals surface area contributed by atoms with E-state index in [1.54, 1.807) is 0 Å². The number of hydrogen-bond acceptors (Lipinski definition) is 5. The van der Waals surface area contributed by atoms with Crippen LogP contribution in [-0.4, -0.2) is 40.6 Å². The lowest BCUT2D eigenvalue weighted by Crippen LogP contribution is -2.29. The normalized spacial score (nSPS) is 17.5. The summed E-state index contributed by atoms with van der Waals surface area (Å²) in [5, 5.41) is 4.16. The third-order valence-electron chi connectivity index (χ3n) is 5.30. The van der Waals surface area contributed by atoms with Crippen molar-refractivity contribution in [3.8, 4) is 17.2 Å². The van der Waals surface area contributed by atoms with E-state index in [1.165, 1.54) is 5.56 Å². The van der Waals surface area contributed by atoms with Crippen molar-refractivity contribution < 1.29 is 14.1 Å². The lowest BCUT2D eigenvalue weighted by molar-refractivity contribution is -0.127. The lowest BCUT2D eigenvalue weighted by Gasteiger charge is -2.21. The van der Waals surface area contributed by atoms with E-state index in [0.29, 0.717) is 43.6 Å². The Hall–Kier alpha value is -3.15. The maximum atomic E-state index is 12.6. The number of nitrogens with zero attached hydrogens (tertiary/aromatic N) is 3. The molecular weight excluding hydrogens is 366 g/mol. The largest absolute Gasteiger partial charge is 0.493 e. The first-order valence-electron chi connectivity index (χ1n) is 10.0. The average Bonchev–Trinajstić information content (AvgIpc) is 3.37. The van der Waals surface area contributed by atoms with Crippen molar-refractivity contribution in [2.24, 2.45) is 0 Å². The standard InChI is InChI=1S/C23H25N3O3/c1-3-28-20-12-8-7-11-19(20)23-24-22(25-29-23)18-13-21(27)26(15-18)14-16(2)17-9-5-4-6-10-17/h4-12,16,18H,3,13-15H2,1-2H3. The molecule has 0 aliphatic carbocycles. The minimum Gasteiger partial charge on any atom is -0.493 e. The van der Waals surface area contributed by atoms with Crippen LogP contribution < -0.4 is 4.74 Å². The van der Waals surface area contributed by atoms with Crippen molar-refractivity contribution >= 4 is 5.91 Å². The summed E-state index contributed by atoms with van der Waals surface area (Å²) in [6.45, 7) is 5.95. The van der Waals surface area contributed by atoms with Gasteiger partial charge in [-0.1, -0.05) is 54.5 Å². The topological polar surface area (TPSA) is 68.5 Å². The molecule has 29 heavy (non-hydrogen) atoms. The molecule has 3 aromatic rings. The van der Waals surface area contributed by atoms with Gasteiger partial charge in [-0.15, -0.1) is 0 Å². The second kappa shape index (κ2) is 8.47. The molecule has 2 heterocycles. The Kier molecular flexibility index (Phi) is 5.60. The zero-order chi connectivity index (χ0) is 20.2. The Morgan fingerprint density at radius 2 is 1.93 bits per heavy atom. The quantitative estimate of drug-likeness (QED) is 0.602. The number of hydrogen-bond donors (Lipinski definition) is 0. The van der Waals surface area contributed by atoms with Crippen molar-refractivity contribution in [1.29, 1.82) is 0 Å². The van der Waals surface area contributed by atoms with Gasteiger partial charge in [-0.2, -0.15) is 4.98 Å². The third-order valence-corrected chi connectivity index (χ3v) is 5.30. The first-order valence-corrected chi connectivity index (χ1v) is 10.0. The van der Waals surface area contributed by atoms with Crippen LogP contribution in [0.3, 0.4) is 0 Å². The number of aromatic nitrogens is 2. The van der Waals surface area contributed by atoms with Crippen LogP contribution in [0.2, 0.25) is 0 Å². The molecule has 2 aromatic carbocycles. The van der Waals surface area contributed by atoms with Gasteiger partial charge in [-0.25, -0.2) is 0 Å². The minimum atomic E-state index is -0.0535. The molecule has 0 spiro atoms. The summed E-state index contributed by atoms with van der Waals surface area (Å²) in [6, 6.07) is 17.9. The van der Waals surface area contributed by atoms with Crippen LogP contribution >= 0.6 is 0 Å². The second-order valence-corrected chi connectivity index (χ2v) is 7.40. The van der Waals surface area contributed by atoms with Crippen LogP contribution in [0.5, 0.6) is 5.75 Å². The summed E-state index contributed by atoms with van der Waals surface area (Å²) < 4.78 is 11.2. The SMILES string of the molecule is CCOc1ccccc1-c1nc(C2CC(=O)N(CC(C)c3ccccc3)C2)no1. The summed E-state index contributed by atoms with van der Waals surface area (Å²) in [4.78, 5) is 19.0. The molecule has 2 atom stereocenters. The van der Waals surface area contributed by atoms with Gasteiger partial charge in [0, 0.05) is 25.4 Å². The minimum absolute atomic E-state index is 0.0535. The van der Waals surface area contributed by atoms with Gasteiger partial charge >= 0.3 is 0 Å². The zero-order valence-electron chi connectivity index (χ0n) is 16.7. The fourth-order valence-electron chi connectivity index (χ4n) is 3.77. The van der Waals surface area contributed by atoms with Crippen LogP contribution in [0.25, 0.3) is 11.5 Å². The van der Waals surface area contributed by atoms with Gasteiger partial charge < -0.3 is 14.2 Å². The fraction of sp³-hybridized carbons (Fsp3) is 0.348. The molecule has 0 bridgehead atoms. The van der Waals surface area contributed by atoms with Crippen LogP contribution in [0.1, 0.15) is 43.5 Å². The molecule has 2 unspecified atom stereocenters. The van der Waals surface area contributed by atoms with E-state index in [-0.39, 0.29) is 17.7 Å². The van der Waals surface area contributed by atoms with Crippen LogP contribution in [0, 0.1) is 0 Å². The zero-order valence-corrected chi connectivity index (χ0v) is 16.7. The van der Waals surface area contributed by atoms with Crippen LogP contribution in [0.4, 0.5) is 0 Å². The number of benzene rings is 2. The number of amides is 1. The van der Waals surface area contributed by atoms with E-state index in [4.69, 9.17) is 9.26 Å². The van der Waals surface area contributed by atoms with E-state index >= 15 is 0 Å². The maximum absolute atomic E-state index is 12.6. The number of rotatable bonds is 7. The van der Waals surface area contributed by atoms with Crippen molar-refractivity contribution in [3.63, 3.8) is 0 Å². The highest BCUT2D eigenvalue weighted by atomic mass is 16.5. The molecule has 6 heteroatoms. The number of carbonyl (C=O) groups is 1. The van der Waals surface area contributed by atoms with Crippen molar-refractivity contribution in [3.05, 3.63) is 66.0 Å². The first kappa shape index (κ1) is 19.2. The molecule has 1 fully saturated rings. The lowest BCUT2D eigenvalue weighted by atomic mass is 10.0. The Morgan fingerprint density at radius 1 is 1.17 bits per heavy atom. The molecule has 1 amide bonds. The molecule has 0 radical (unpaired) electrons. The molecule has 1 aliphatic heterocycles. The highest BCUT2D eigenvalue weighted by Crippen LogP contribution is 2.32. The molecule has 1 saturated heterocycles. The number of para-hydroxylation sites is 1. The Bertz CT molecular complexity index is 970. The van der Waals surface area contributed by atoms with Gasteiger partial charge in [0.15, 0.2) is 5.82 Å². The monoisotopic (exact) mass is 391 g/mol. The summed E-state index contributed by atoms with van der Waals surface area (Å²) >= 11 is 0. The first-order chi connectivity index (χ1) is 14.2. The van der Waals surface area contributed by atoms with Gasteiger partial charge in [0.2, 0.25) is 5.91 Å². The van der Waals surface area contributed by atoms with Crippen LogP contribution in [-0.2, 0) is 4.79 Å². The van der Waals surface area contributed by atoms with Gasteiger partial charge in [0.25, 0.3) is 5.89 Å². The molecule has 6 nitrogen and oxygen atoms in total. The van der Waals surface area contributed by atoms with Gasteiger partial charge in [-0.3, -0.25) is 4.79 Å². The van der Waals surface area contributed by atoms with E-state index in [9.17, 15) is 4.79 Å². The smallest absolute Gasteiger partial charge is 0.261 e. The molecule has 4 rings (SSSR count). The number of ether oxygens (including phenoxy) is 1.